The van der Waals surface area contributed by atoms with Gasteiger partial charge in [0.15, 0.2) is 0 Å². The summed E-state index contributed by atoms with van der Waals surface area (Å²) >= 11 is 0. The van der Waals surface area contributed by atoms with Gasteiger partial charge in [-0.25, -0.2) is 0 Å². The van der Waals surface area contributed by atoms with E-state index in [1.165, 1.54) is 12.8 Å². The Morgan fingerprint density at radius 2 is 2.09 bits per heavy atom. The van der Waals surface area contributed by atoms with Crippen LogP contribution < -0.4 is 5.73 Å². The zero-order chi connectivity index (χ0) is 8.32. The van der Waals surface area contributed by atoms with E-state index in [9.17, 15) is 4.79 Å². The van der Waals surface area contributed by atoms with E-state index in [0.717, 1.165) is 25.0 Å². The summed E-state index contributed by atoms with van der Waals surface area (Å²) in [5, 5.41) is 0. The Bertz CT molecular complexity index is 136. The Balaban J connectivity index is 2.41. The Kier molecular flexibility index (Phi) is 2.66. The average molecular weight is 155 g/mol. The fraction of sp³-hybridized carbons (Fsp3) is 0.889. The van der Waals surface area contributed by atoms with E-state index in [0.29, 0.717) is 6.42 Å². The quantitative estimate of drug-likeness (QED) is 0.614. The van der Waals surface area contributed by atoms with Crippen molar-refractivity contribution in [3.63, 3.8) is 0 Å². The number of carbonyl (C=O) groups is 1. The van der Waals surface area contributed by atoms with Crippen LogP contribution in [0.1, 0.15) is 39.0 Å². The summed E-state index contributed by atoms with van der Waals surface area (Å²) in [4.78, 5) is 10.3. The standard InChI is InChI=1S/C9H17NO/c1-8-2-4-9(10,5-3-8)6-7-11/h7-8H,2-6,10H2,1H3. The molecule has 0 aliphatic heterocycles. The van der Waals surface area contributed by atoms with E-state index in [1.807, 2.05) is 0 Å². The number of hydrogen-bond donors (Lipinski definition) is 1. The lowest BCUT2D eigenvalue weighted by Crippen LogP contribution is -2.43. The molecule has 0 atom stereocenters. The molecule has 1 aliphatic rings. The lowest BCUT2D eigenvalue weighted by molar-refractivity contribution is -0.109. The van der Waals surface area contributed by atoms with Crippen molar-refractivity contribution in [2.75, 3.05) is 0 Å². The third-order valence-corrected chi connectivity index (χ3v) is 2.76. The molecule has 0 unspecified atom stereocenters. The highest BCUT2D eigenvalue weighted by molar-refractivity contribution is 5.51. The van der Waals surface area contributed by atoms with E-state index in [2.05, 4.69) is 6.92 Å². The molecule has 2 nitrogen and oxygen atoms in total. The highest BCUT2D eigenvalue weighted by Gasteiger charge is 2.29. The first kappa shape index (κ1) is 8.72. The smallest absolute Gasteiger partial charge is 0.121 e. The molecule has 0 saturated heterocycles. The van der Waals surface area contributed by atoms with E-state index in [1.54, 1.807) is 0 Å². The van der Waals surface area contributed by atoms with E-state index >= 15 is 0 Å². The summed E-state index contributed by atoms with van der Waals surface area (Å²) in [5.41, 5.74) is 5.84. The van der Waals surface area contributed by atoms with Crippen LogP contribution in [0, 0.1) is 5.92 Å². The predicted molar refractivity (Wildman–Crippen MR) is 45.2 cm³/mol. The number of rotatable bonds is 2. The zero-order valence-corrected chi connectivity index (χ0v) is 7.18. The molecule has 0 heterocycles. The van der Waals surface area contributed by atoms with Crippen molar-refractivity contribution in [1.82, 2.24) is 0 Å². The van der Waals surface area contributed by atoms with Crippen LogP contribution in [0.3, 0.4) is 0 Å². The minimum atomic E-state index is -0.158. The van der Waals surface area contributed by atoms with Gasteiger partial charge in [0.2, 0.25) is 0 Å². The molecule has 0 aromatic carbocycles. The van der Waals surface area contributed by atoms with Gasteiger partial charge in [-0.3, -0.25) is 0 Å². The van der Waals surface area contributed by atoms with Crippen LogP contribution in [0.5, 0.6) is 0 Å². The highest BCUT2D eigenvalue weighted by atomic mass is 16.1. The summed E-state index contributed by atoms with van der Waals surface area (Å²) in [7, 11) is 0. The summed E-state index contributed by atoms with van der Waals surface area (Å²) in [6.45, 7) is 2.25. The molecule has 1 aliphatic carbocycles. The van der Waals surface area contributed by atoms with Crippen LogP contribution in [-0.4, -0.2) is 11.8 Å². The molecule has 0 bridgehead atoms. The van der Waals surface area contributed by atoms with Gasteiger partial charge in [0, 0.05) is 12.0 Å². The van der Waals surface area contributed by atoms with Crippen LogP contribution in [-0.2, 0) is 4.79 Å². The molecule has 2 heteroatoms. The van der Waals surface area contributed by atoms with E-state index in [-0.39, 0.29) is 5.54 Å². The van der Waals surface area contributed by atoms with Gasteiger partial charge >= 0.3 is 0 Å². The van der Waals surface area contributed by atoms with E-state index < -0.39 is 0 Å². The molecule has 0 amide bonds. The van der Waals surface area contributed by atoms with Gasteiger partial charge in [-0.15, -0.1) is 0 Å². The topological polar surface area (TPSA) is 43.1 Å². The SMILES string of the molecule is CC1CCC(N)(CC=O)CC1. The molecule has 2 N–H and O–H groups in total. The molecule has 1 rings (SSSR count). The second-order valence-electron chi connectivity index (χ2n) is 3.92. The number of nitrogens with two attached hydrogens (primary N) is 1. The molecule has 0 aromatic heterocycles. The Morgan fingerprint density at radius 1 is 1.55 bits per heavy atom. The average Bonchev–Trinajstić information content (AvgIpc) is 1.97. The molecular weight excluding hydrogens is 138 g/mol. The molecular formula is C9H17NO. The van der Waals surface area contributed by atoms with Gasteiger partial charge in [-0.05, 0) is 31.6 Å². The van der Waals surface area contributed by atoms with Crippen molar-refractivity contribution < 1.29 is 4.79 Å². The number of carbonyl (C=O) groups excluding carboxylic acids is 1. The van der Waals surface area contributed by atoms with E-state index in [4.69, 9.17) is 5.73 Å². The molecule has 0 aromatic rings. The van der Waals surface area contributed by atoms with Gasteiger partial charge in [-0.1, -0.05) is 6.92 Å². The third-order valence-electron chi connectivity index (χ3n) is 2.76. The summed E-state index contributed by atoms with van der Waals surface area (Å²) in [6.07, 6.45) is 5.91. The van der Waals surface area contributed by atoms with Gasteiger partial charge in [0.1, 0.15) is 6.29 Å². The van der Waals surface area contributed by atoms with Crippen molar-refractivity contribution >= 4 is 6.29 Å². The molecule has 1 fully saturated rings. The van der Waals surface area contributed by atoms with Crippen LogP contribution in [0.25, 0.3) is 0 Å². The van der Waals surface area contributed by atoms with Crippen LogP contribution in [0.2, 0.25) is 0 Å². The summed E-state index contributed by atoms with van der Waals surface area (Å²) in [5.74, 6) is 0.804. The first-order valence-corrected chi connectivity index (χ1v) is 4.39. The second kappa shape index (κ2) is 3.35. The van der Waals surface area contributed by atoms with Crippen molar-refractivity contribution in [3.8, 4) is 0 Å². The normalized spacial score (nSPS) is 38.5. The largest absolute Gasteiger partial charge is 0.325 e. The fourth-order valence-electron chi connectivity index (χ4n) is 1.71. The van der Waals surface area contributed by atoms with Gasteiger partial charge in [0.05, 0.1) is 0 Å². The van der Waals surface area contributed by atoms with Crippen LogP contribution in [0.15, 0.2) is 0 Å². The van der Waals surface area contributed by atoms with Crippen molar-refractivity contribution in [2.24, 2.45) is 11.7 Å². The predicted octanol–water partition coefficient (Wildman–Crippen LogP) is 1.48. The highest BCUT2D eigenvalue weighted by Crippen LogP contribution is 2.31. The maximum absolute atomic E-state index is 10.3. The maximum atomic E-state index is 10.3. The minimum Gasteiger partial charge on any atom is -0.325 e. The van der Waals surface area contributed by atoms with Gasteiger partial charge in [0.25, 0.3) is 0 Å². The first-order chi connectivity index (χ1) is 5.16. The van der Waals surface area contributed by atoms with Crippen LogP contribution >= 0.6 is 0 Å². The summed E-state index contributed by atoms with van der Waals surface area (Å²) in [6, 6.07) is 0. The van der Waals surface area contributed by atoms with Crippen LogP contribution in [0.4, 0.5) is 0 Å². The summed E-state index contributed by atoms with van der Waals surface area (Å²) < 4.78 is 0. The fourth-order valence-corrected chi connectivity index (χ4v) is 1.71. The Morgan fingerprint density at radius 3 is 2.55 bits per heavy atom. The first-order valence-electron chi connectivity index (χ1n) is 4.39. The molecule has 0 spiro atoms. The number of hydrogen-bond acceptors (Lipinski definition) is 2. The number of aldehydes is 1. The molecule has 0 radical (unpaired) electrons. The lowest BCUT2D eigenvalue weighted by Gasteiger charge is -2.34. The maximum Gasteiger partial charge on any atom is 0.121 e. The lowest BCUT2D eigenvalue weighted by atomic mass is 9.76. The zero-order valence-electron chi connectivity index (χ0n) is 7.18. The van der Waals surface area contributed by atoms with Gasteiger partial charge < -0.3 is 10.5 Å². The molecule has 11 heavy (non-hydrogen) atoms. The molecule has 1 saturated carbocycles. The van der Waals surface area contributed by atoms with Crippen molar-refractivity contribution in [1.29, 1.82) is 0 Å². The van der Waals surface area contributed by atoms with Crippen molar-refractivity contribution in [3.05, 3.63) is 0 Å². The Hall–Kier alpha value is -0.370. The van der Waals surface area contributed by atoms with Gasteiger partial charge in [-0.2, -0.15) is 0 Å². The van der Waals surface area contributed by atoms with Crippen molar-refractivity contribution in [2.45, 2.75) is 44.6 Å². The monoisotopic (exact) mass is 155 g/mol. The second-order valence-corrected chi connectivity index (χ2v) is 3.92. The third kappa shape index (κ3) is 2.29. The Labute approximate surface area is 68.2 Å². The minimum absolute atomic E-state index is 0.158. The molecule has 64 valence electrons.